The van der Waals surface area contributed by atoms with Crippen molar-refractivity contribution in [1.82, 2.24) is 15.3 Å². The van der Waals surface area contributed by atoms with E-state index < -0.39 is 5.91 Å². The zero-order chi connectivity index (χ0) is 12.9. The molecule has 0 aliphatic rings. The number of nitrogens with zero attached hydrogens (tertiary/aromatic N) is 2. The normalized spacial score (nSPS) is 11.5. The fourth-order valence-electron chi connectivity index (χ4n) is 1.25. The molecule has 0 bridgehead atoms. The van der Waals surface area contributed by atoms with E-state index in [4.69, 9.17) is 5.73 Å². The topological polar surface area (TPSA) is 80.9 Å². The van der Waals surface area contributed by atoms with Crippen molar-refractivity contribution < 1.29 is 4.79 Å². The molecule has 0 unspecified atom stereocenters. The van der Waals surface area contributed by atoms with Crippen molar-refractivity contribution in [3.05, 3.63) is 23.8 Å². The number of carbonyl (C=O) groups excluding carboxylic acids is 1. The lowest BCUT2D eigenvalue weighted by atomic mass is 9.92. The third-order valence-electron chi connectivity index (χ3n) is 2.32. The van der Waals surface area contributed by atoms with Crippen LogP contribution in [-0.2, 0) is 6.54 Å². The third kappa shape index (κ3) is 5.40. The predicted octanol–water partition coefficient (Wildman–Crippen LogP) is 1.10. The summed E-state index contributed by atoms with van der Waals surface area (Å²) in [6, 6.07) is 0. The Kier molecular flexibility index (Phi) is 4.57. The van der Waals surface area contributed by atoms with E-state index in [2.05, 4.69) is 36.1 Å². The molecular formula is C12H20N4O. The van der Waals surface area contributed by atoms with Crippen LogP contribution in [0.3, 0.4) is 0 Å². The summed E-state index contributed by atoms with van der Waals surface area (Å²) in [6.45, 7) is 8.20. The average Bonchev–Trinajstić information content (AvgIpc) is 2.24. The minimum Gasteiger partial charge on any atom is -0.364 e. The minimum absolute atomic E-state index is 0.198. The molecule has 0 aromatic carbocycles. The van der Waals surface area contributed by atoms with E-state index in [0.29, 0.717) is 12.0 Å². The molecule has 0 saturated carbocycles. The van der Waals surface area contributed by atoms with Gasteiger partial charge >= 0.3 is 0 Å². The van der Waals surface area contributed by atoms with Gasteiger partial charge in [0, 0.05) is 6.54 Å². The fraction of sp³-hybridized carbons (Fsp3) is 0.583. The summed E-state index contributed by atoms with van der Waals surface area (Å²) in [7, 11) is 0. The molecule has 5 nitrogen and oxygen atoms in total. The molecule has 17 heavy (non-hydrogen) atoms. The number of primary amides is 1. The molecule has 94 valence electrons. The van der Waals surface area contributed by atoms with Crippen LogP contribution in [0.2, 0.25) is 0 Å². The maximum absolute atomic E-state index is 10.8. The largest absolute Gasteiger partial charge is 0.364 e. The van der Waals surface area contributed by atoms with Gasteiger partial charge in [-0.05, 0) is 18.4 Å². The average molecular weight is 236 g/mol. The number of nitrogens with two attached hydrogens (primary N) is 1. The first-order valence-electron chi connectivity index (χ1n) is 5.70. The van der Waals surface area contributed by atoms with Gasteiger partial charge in [0.25, 0.3) is 5.91 Å². The van der Waals surface area contributed by atoms with Crippen LogP contribution in [0.5, 0.6) is 0 Å². The van der Waals surface area contributed by atoms with Gasteiger partial charge in [-0.1, -0.05) is 20.8 Å². The van der Waals surface area contributed by atoms with Gasteiger partial charge < -0.3 is 11.1 Å². The molecule has 5 heteroatoms. The van der Waals surface area contributed by atoms with Crippen molar-refractivity contribution in [1.29, 1.82) is 0 Å². The predicted molar refractivity (Wildman–Crippen MR) is 66.3 cm³/mol. The quantitative estimate of drug-likeness (QED) is 0.750. The lowest BCUT2D eigenvalue weighted by Gasteiger charge is -2.17. The molecule has 1 heterocycles. The summed E-state index contributed by atoms with van der Waals surface area (Å²) in [6.07, 6.45) is 4.08. The number of nitrogens with one attached hydrogen (secondary N) is 1. The molecule has 1 aromatic heterocycles. The highest BCUT2D eigenvalue weighted by atomic mass is 16.1. The van der Waals surface area contributed by atoms with Gasteiger partial charge in [0.1, 0.15) is 5.69 Å². The minimum atomic E-state index is -0.551. The fourth-order valence-corrected chi connectivity index (χ4v) is 1.25. The highest BCUT2D eigenvalue weighted by molar-refractivity contribution is 5.90. The van der Waals surface area contributed by atoms with Crippen molar-refractivity contribution in [2.45, 2.75) is 33.7 Å². The van der Waals surface area contributed by atoms with E-state index in [1.165, 1.54) is 6.20 Å². The smallest absolute Gasteiger partial charge is 0.268 e. The molecule has 0 aliphatic carbocycles. The number of hydrogen-bond donors (Lipinski definition) is 2. The Morgan fingerprint density at radius 2 is 2.06 bits per heavy atom. The van der Waals surface area contributed by atoms with E-state index in [0.717, 1.165) is 18.7 Å². The lowest BCUT2D eigenvalue weighted by Crippen LogP contribution is -2.21. The second kappa shape index (κ2) is 5.72. The number of aromatic nitrogens is 2. The zero-order valence-corrected chi connectivity index (χ0v) is 10.7. The Morgan fingerprint density at radius 1 is 1.35 bits per heavy atom. The van der Waals surface area contributed by atoms with E-state index in [1.807, 2.05) is 0 Å². The monoisotopic (exact) mass is 236 g/mol. The van der Waals surface area contributed by atoms with Crippen molar-refractivity contribution in [2.24, 2.45) is 11.1 Å². The highest BCUT2D eigenvalue weighted by Gasteiger charge is 2.09. The second-order valence-electron chi connectivity index (χ2n) is 5.24. The van der Waals surface area contributed by atoms with E-state index in [1.54, 1.807) is 6.20 Å². The van der Waals surface area contributed by atoms with Crippen LogP contribution < -0.4 is 11.1 Å². The van der Waals surface area contributed by atoms with Crippen LogP contribution in [0, 0.1) is 5.41 Å². The van der Waals surface area contributed by atoms with Crippen LogP contribution in [-0.4, -0.2) is 22.4 Å². The Hall–Kier alpha value is -1.49. The lowest BCUT2D eigenvalue weighted by molar-refractivity contribution is 0.0995. The molecule has 0 aliphatic heterocycles. The molecule has 3 N–H and O–H groups in total. The Bertz CT molecular complexity index is 367. The maximum Gasteiger partial charge on any atom is 0.268 e. The number of carbonyl (C=O) groups is 1. The molecule has 0 saturated heterocycles. The first kappa shape index (κ1) is 13.6. The zero-order valence-electron chi connectivity index (χ0n) is 10.7. The molecule has 0 fully saturated rings. The second-order valence-corrected chi connectivity index (χ2v) is 5.24. The number of hydrogen-bond acceptors (Lipinski definition) is 4. The molecule has 0 radical (unpaired) electrons. The van der Waals surface area contributed by atoms with Gasteiger partial charge in [-0.25, -0.2) is 4.98 Å². The molecular weight excluding hydrogens is 216 g/mol. The van der Waals surface area contributed by atoms with E-state index in [9.17, 15) is 4.79 Å². The summed E-state index contributed by atoms with van der Waals surface area (Å²) < 4.78 is 0. The highest BCUT2D eigenvalue weighted by Crippen LogP contribution is 2.16. The summed E-state index contributed by atoms with van der Waals surface area (Å²) in [5.41, 5.74) is 6.41. The first-order valence-corrected chi connectivity index (χ1v) is 5.70. The molecule has 1 amide bonds. The molecule has 0 spiro atoms. The Morgan fingerprint density at radius 3 is 2.53 bits per heavy atom. The summed E-state index contributed by atoms with van der Waals surface area (Å²) >= 11 is 0. The van der Waals surface area contributed by atoms with Crippen molar-refractivity contribution >= 4 is 5.91 Å². The Balaban J connectivity index is 2.35. The van der Waals surface area contributed by atoms with Crippen LogP contribution in [0.4, 0.5) is 0 Å². The summed E-state index contributed by atoms with van der Waals surface area (Å²) in [5.74, 6) is -0.551. The number of amides is 1. The van der Waals surface area contributed by atoms with Gasteiger partial charge in [-0.3, -0.25) is 9.78 Å². The van der Waals surface area contributed by atoms with Crippen molar-refractivity contribution in [3.8, 4) is 0 Å². The van der Waals surface area contributed by atoms with Crippen molar-refractivity contribution in [3.63, 3.8) is 0 Å². The van der Waals surface area contributed by atoms with Crippen LogP contribution >= 0.6 is 0 Å². The van der Waals surface area contributed by atoms with Crippen LogP contribution in [0.1, 0.15) is 43.4 Å². The van der Waals surface area contributed by atoms with Gasteiger partial charge in [0.15, 0.2) is 0 Å². The van der Waals surface area contributed by atoms with Gasteiger partial charge in [0.05, 0.1) is 18.1 Å². The van der Waals surface area contributed by atoms with Gasteiger partial charge in [-0.2, -0.15) is 0 Å². The summed E-state index contributed by atoms with van der Waals surface area (Å²) in [5, 5.41) is 3.29. The molecule has 0 atom stereocenters. The standard InChI is InChI=1S/C12H20N4O/c1-12(2,3)4-5-14-6-9-7-16-10(8-15-9)11(13)17/h7-8,14H,4-6H2,1-3H3,(H2,13,17). The van der Waals surface area contributed by atoms with Crippen LogP contribution in [0.15, 0.2) is 12.4 Å². The first-order chi connectivity index (χ1) is 7.88. The van der Waals surface area contributed by atoms with Gasteiger partial charge in [0.2, 0.25) is 0 Å². The van der Waals surface area contributed by atoms with Gasteiger partial charge in [-0.15, -0.1) is 0 Å². The van der Waals surface area contributed by atoms with E-state index >= 15 is 0 Å². The Labute approximate surface area is 102 Å². The number of rotatable bonds is 5. The third-order valence-corrected chi connectivity index (χ3v) is 2.32. The maximum atomic E-state index is 10.8. The molecule has 1 rings (SSSR count). The molecule has 1 aromatic rings. The summed E-state index contributed by atoms with van der Waals surface area (Å²) in [4.78, 5) is 18.8. The SMILES string of the molecule is CC(C)(C)CCNCc1cnc(C(N)=O)cn1. The van der Waals surface area contributed by atoms with Crippen LogP contribution in [0.25, 0.3) is 0 Å². The van der Waals surface area contributed by atoms with Crippen molar-refractivity contribution in [2.75, 3.05) is 6.54 Å². The van der Waals surface area contributed by atoms with E-state index in [-0.39, 0.29) is 5.69 Å².